The number of carbonyl (C=O) groups is 1. The summed E-state index contributed by atoms with van der Waals surface area (Å²) in [5.41, 5.74) is 1.37. The number of nitrogens with zero attached hydrogens (tertiary/aromatic N) is 2. The van der Waals surface area contributed by atoms with E-state index in [0.29, 0.717) is 6.54 Å². The van der Waals surface area contributed by atoms with Gasteiger partial charge in [0.1, 0.15) is 5.88 Å². The lowest BCUT2D eigenvalue weighted by molar-refractivity contribution is -0.118. The van der Waals surface area contributed by atoms with Crippen LogP contribution in [0.15, 0.2) is 30.3 Å². The van der Waals surface area contributed by atoms with Crippen molar-refractivity contribution in [1.82, 2.24) is 15.1 Å². The Hall–Kier alpha value is -0.520. The molecule has 0 aliphatic carbocycles. The fraction of sp³-hybridized carbons (Fsp3) is 0.533. The molecule has 1 saturated heterocycles. The highest BCUT2D eigenvalue weighted by atomic mass is 35.5. The van der Waals surface area contributed by atoms with Crippen molar-refractivity contribution in [1.29, 1.82) is 0 Å². The molecule has 2 rings (SSSR count). The first kappa shape index (κ1) is 21.5. The maximum Gasteiger partial charge on any atom is 0.234 e. The lowest BCUT2D eigenvalue weighted by Gasteiger charge is -2.34. The van der Waals surface area contributed by atoms with Gasteiger partial charge in [-0.2, -0.15) is 0 Å². The summed E-state index contributed by atoms with van der Waals surface area (Å²) in [5, 5.41) is 2.80. The highest BCUT2D eigenvalue weighted by Crippen LogP contribution is 2.07. The van der Waals surface area contributed by atoms with E-state index in [4.69, 9.17) is 11.6 Å². The largest absolute Gasteiger partial charge is 0.354 e. The van der Waals surface area contributed by atoms with Crippen molar-refractivity contribution in [2.24, 2.45) is 0 Å². The van der Waals surface area contributed by atoms with E-state index in [1.165, 1.54) is 5.56 Å². The third-order valence-electron chi connectivity index (χ3n) is 3.59. The van der Waals surface area contributed by atoms with Crippen LogP contribution in [0.5, 0.6) is 0 Å². The van der Waals surface area contributed by atoms with Gasteiger partial charge in [0.2, 0.25) is 5.91 Å². The van der Waals surface area contributed by atoms with Gasteiger partial charge >= 0.3 is 0 Å². The highest BCUT2D eigenvalue weighted by molar-refractivity contribution is 6.27. The molecule has 0 spiro atoms. The summed E-state index contributed by atoms with van der Waals surface area (Å²) in [6.07, 6.45) is 0. The Kier molecular flexibility index (Phi) is 11.7. The molecule has 1 N–H and O–H groups in total. The Balaban J connectivity index is 0.00000220. The highest BCUT2D eigenvalue weighted by Gasteiger charge is 2.16. The topological polar surface area (TPSA) is 35.6 Å². The van der Waals surface area contributed by atoms with Crippen LogP contribution in [0.1, 0.15) is 5.56 Å². The number of hydrogen-bond acceptors (Lipinski definition) is 3. The smallest absolute Gasteiger partial charge is 0.234 e. The zero-order valence-corrected chi connectivity index (χ0v) is 14.9. The molecule has 1 aliphatic heterocycles. The number of amides is 1. The zero-order valence-electron chi connectivity index (χ0n) is 12.5. The Morgan fingerprint density at radius 1 is 1.05 bits per heavy atom. The van der Waals surface area contributed by atoms with Gasteiger partial charge in [0.15, 0.2) is 0 Å². The lowest BCUT2D eigenvalue weighted by Crippen LogP contribution is -2.48. The first-order valence-electron chi connectivity index (χ1n) is 7.09. The van der Waals surface area contributed by atoms with Gasteiger partial charge in [-0.25, -0.2) is 0 Å². The molecule has 0 atom stereocenters. The quantitative estimate of drug-likeness (QED) is 0.780. The molecule has 1 aromatic rings. The molecular formula is C15H24Cl3N3O. The third kappa shape index (κ3) is 7.65. The van der Waals surface area contributed by atoms with Crippen molar-refractivity contribution in [3.8, 4) is 0 Å². The fourth-order valence-electron chi connectivity index (χ4n) is 2.41. The van der Waals surface area contributed by atoms with Gasteiger partial charge in [-0.1, -0.05) is 30.3 Å². The molecule has 126 valence electrons. The van der Waals surface area contributed by atoms with Crippen LogP contribution >= 0.6 is 36.4 Å². The Bertz CT molecular complexity index is 412. The minimum Gasteiger partial charge on any atom is -0.354 e. The molecular weight excluding hydrogens is 345 g/mol. The van der Waals surface area contributed by atoms with E-state index in [-0.39, 0.29) is 36.6 Å². The number of rotatable bonds is 6. The molecule has 0 aromatic heterocycles. The monoisotopic (exact) mass is 367 g/mol. The number of benzene rings is 1. The molecule has 4 nitrogen and oxygen atoms in total. The first-order chi connectivity index (χ1) is 9.78. The van der Waals surface area contributed by atoms with Crippen LogP contribution in [-0.4, -0.2) is 60.9 Å². The van der Waals surface area contributed by atoms with Gasteiger partial charge in [0, 0.05) is 45.8 Å². The van der Waals surface area contributed by atoms with Crippen LogP contribution in [0.2, 0.25) is 0 Å². The summed E-state index contributed by atoms with van der Waals surface area (Å²) in [4.78, 5) is 15.9. The summed E-state index contributed by atoms with van der Waals surface area (Å²) in [6.45, 7) is 6.90. The minimum absolute atomic E-state index is 0. The number of halogens is 3. The van der Waals surface area contributed by atoms with E-state index >= 15 is 0 Å². The number of piperazine rings is 1. The van der Waals surface area contributed by atoms with Gasteiger partial charge in [-0.05, 0) is 5.56 Å². The second kappa shape index (κ2) is 12.0. The van der Waals surface area contributed by atoms with Crippen LogP contribution in [0.4, 0.5) is 0 Å². The Labute approximate surface area is 150 Å². The molecule has 1 fully saturated rings. The standard InChI is InChI=1S/C15H22ClN3O.2ClH/c16-12-15(20)17-6-7-18-8-10-19(11-9-18)13-14-4-2-1-3-5-14;;/h1-5H,6-13H2,(H,17,20);2*1H. The second-order valence-corrected chi connectivity index (χ2v) is 5.35. The molecule has 1 aliphatic rings. The lowest BCUT2D eigenvalue weighted by atomic mass is 10.2. The van der Waals surface area contributed by atoms with Crippen molar-refractivity contribution < 1.29 is 4.79 Å². The van der Waals surface area contributed by atoms with Gasteiger partial charge in [-0.15, -0.1) is 36.4 Å². The first-order valence-corrected chi connectivity index (χ1v) is 7.62. The summed E-state index contributed by atoms with van der Waals surface area (Å²) in [7, 11) is 0. The molecule has 1 aromatic carbocycles. The summed E-state index contributed by atoms with van der Waals surface area (Å²) >= 11 is 5.44. The fourth-order valence-corrected chi connectivity index (χ4v) is 2.51. The predicted molar refractivity (Wildman–Crippen MR) is 96.4 cm³/mol. The molecule has 0 unspecified atom stereocenters. The van der Waals surface area contributed by atoms with Crippen LogP contribution in [0, 0.1) is 0 Å². The van der Waals surface area contributed by atoms with Crippen LogP contribution in [-0.2, 0) is 11.3 Å². The maximum atomic E-state index is 11.0. The molecule has 0 bridgehead atoms. The number of nitrogens with one attached hydrogen (secondary N) is 1. The zero-order chi connectivity index (χ0) is 14.2. The van der Waals surface area contributed by atoms with Gasteiger partial charge in [0.05, 0.1) is 0 Å². The molecule has 0 radical (unpaired) electrons. The average molecular weight is 369 g/mol. The van der Waals surface area contributed by atoms with Crippen molar-refractivity contribution in [3.63, 3.8) is 0 Å². The molecule has 22 heavy (non-hydrogen) atoms. The minimum atomic E-state index is -0.0885. The van der Waals surface area contributed by atoms with Gasteiger partial charge in [-0.3, -0.25) is 14.6 Å². The molecule has 1 amide bonds. The molecule has 1 heterocycles. The number of carbonyl (C=O) groups excluding carboxylic acids is 1. The SMILES string of the molecule is Cl.Cl.O=C(CCl)NCCN1CCN(Cc2ccccc2)CC1. The van der Waals surface area contributed by atoms with E-state index in [2.05, 4.69) is 45.4 Å². The van der Waals surface area contributed by atoms with Crippen LogP contribution < -0.4 is 5.32 Å². The third-order valence-corrected chi connectivity index (χ3v) is 3.83. The second-order valence-electron chi connectivity index (χ2n) is 5.09. The summed E-state index contributed by atoms with van der Waals surface area (Å²) in [5.74, 6) is -0.0421. The average Bonchev–Trinajstić information content (AvgIpc) is 2.50. The van der Waals surface area contributed by atoms with Gasteiger partial charge < -0.3 is 5.32 Å². The summed E-state index contributed by atoms with van der Waals surface area (Å²) in [6, 6.07) is 10.6. The van der Waals surface area contributed by atoms with E-state index in [0.717, 1.165) is 39.3 Å². The normalized spacial score (nSPS) is 15.5. The van der Waals surface area contributed by atoms with E-state index < -0.39 is 0 Å². The van der Waals surface area contributed by atoms with Crippen molar-refractivity contribution in [3.05, 3.63) is 35.9 Å². The van der Waals surface area contributed by atoms with Crippen LogP contribution in [0.3, 0.4) is 0 Å². The van der Waals surface area contributed by atoms with Gasteiger partial charge in [0.25, 0.3) is 0 Å². The molecule has 0 saturated carbocycles. The summed E-state index contributed by atoms with van der Waals surface area (Å²) < 4.78 is 0. The maximum absolute atomic E-state index is 11.0. The predicted octanol–water partition coefficient (Wildman–Crippen LogP) is 2.00. The van der Waals surface area contributed by atoms with Crippen molar-refractivity contribution >= 4 is 42.3 Å². The van der Waals surface area contributed by atoms with E-state index in [1.54, 1.807) is 0 Å². The van der Waals surface area contributed by atoms with Crippen LogP contribution in [0.25, 0.3) is 0 Å². The number of hydrogen-bond donors (Lipinski definition) is 1. The number of alkyl halides is 1. The van der Waals surface area contributed by atoms with E-state index in [9.17, 15) is 4.79 Å². The van der Waals surface area contributed by atoms with E-state index in [1.807, 2.05) is 0 Å². The molecule has 7 heteroatoms. The Morgan fingerprint density at radius 3 is 2.23 bits per heavy atom. The Morgan fingerprint density at radius 2 is 1.64 bits per heavy atom. The van der Waals surface area contributed by atoms with Crippen molar-refractivity contribution in [2.45, 2.75) is 6.54 Å². The van der Waals surface area contributed by atoms with Crippen molar-refractivity contribution in [2.75, 3.05) is 45.1 Å².